The van der Waals surface area contributed by atoms with Crippen molar-refractivity contribution in [3.8, 4) is 17.1 Å². The number of nitro groups is 1. The molecule has 0 fully saturated rings. The van der Waals surface area contributed by atoms with Crippen molar-refractivity contribution in [2.75, 3.05) is 6.61 Å². The van der Waals surface area contributed by atoms with Crippen molar-refractivity contribution in [1.82, 2.24) is 5.43 Å². The van der Waals surface area contributed by atoms with Gasteiger partial charge in [0.25, 0.3) is 11.6 Å². The van der Waals surface area contributed by atoms with Crippen LogP contribution in [0.2, 0.25) is 0 Å². The van der Waals surface area contributed by atoms with Crippen molar-refractivity contribution < 1.29 is 18.9 Å². The second-order valence-electron chi connectivity index (χ2n) is 6.97. The van der Waals surface area contributed by atoms with Gasteiger partial charge in [-0.25, -0.2) is 5.43 Å². The Balaban J connectivity index is 1.48. The predicted octanol–water partition coefficient (Wildman–Crippen LogP) is 4.90. The van der Waals surface area contributed by atoms with Gasteiger partial charge in [0.05, 0.1) is 11.1 Å². The maximum atomic E-state index is 11.9. The van der Waals surface area contributed by atoms with E-state index in [2.05, 4.69) is 24.4 Å². The minimum Gasteiger partial charge on any atom is -0.484 e. The number of benzene rings is 2. The zero-order valence-corrected chi connectivity index (χ0v) is 17.3. The van der Waals surface area contributed by atoms with Crippen LogP contribution >= 0.6 is 0 Å². The third-order valence-corrected chi connectivity index (χ3v) is 4.80. The Bertz CT molecular complexity index is 1060. The fourth-order valence-corrected chi connectivity index (χ4v) is 2.80. The molecule has 1 atom stereocenters. The Morgan fingerprint density at radius 1 is 1.16 bits per heavy atom. The molecule has 0 aliphatic rings. The maximum Gasteiger partial charge on any atom is 0.277 e. The summed E-state index contributed by atoms with van der Waals surface area (Å²) in [5, 5.41) is 14.6. The van der Waals surface area contributed by atoms with Gasteiger partial charge in [-0.1, -0.05) is 26.0 Å². The molecule has 8 nitrogen and oxygen atoms in total. The lowest BCUT2D eigenvalue weighted by atomic mass is 9.99. The number of nitro benzene ring substituents is 1. The van der Waals surface area contributed by atoms with Crippen LogP contribution in [0, 0.1) is 10.1 Å². The zero-order chi connectivity index (χ0) is 22.2. The largest absolute Gasteiger partial charge is 0.484 e. The second-order valence-corrected chi connectivity index (χ2v) is 6.97. The van der Waals surface area contributed by atoms with E-state index in [1.165, 1.54) is 23.9 Å². The van der Waals surface area contributed by atoms with Gasteiger partial charge in [0, 0.05) is 17.7 Å². The second kappa shape index (κ2) is 10.2. The van der Waals surface area contributed by atoms with Crippen LogP contribution in [0.15, 0.2) is 70.2 Å². The number of carbonyl (C=O) groups excluding carboxylic acids is 1. The molecule has 0 radical (unpaired) electrons. The van der Waals surface area contributed by atoms with Gasteiger partial charge in [0.1, 0.15) is 17.3 Å². The molecule has 0 spiro atoms. The summed E-state index contributed by atoms with van der Waals surface area (Å²) in [4.78, 5) is 22.2. The highest BCUT2D eigenvalue weighted by Crippen LogP contribution is 2.24. The van der Waals surface area contributed by atoms with Crippen LogP contribution in [-0.2, 0) is 4.79 Å². The van der Waals surface area contributed by atoms with Gasteiger partial charge in [-0.05, 0) is 54.3 Å². The molecule has 2 aromatic carbocycles. The van der Waals surface area contributed by atoms with E-state index < -0.39 is 10.8 Å². The third kappa shape index (κ3) is 6.02. The van der Waals surface area contributed by atoms with Crippen LogP contribution in [0.3, 0.4) is 0 Å². The molecule has 1 heterocycles. The SMILES string of the molecule is CC[C@@H](C)c1ccc(OCC(=O)N/N=C\c2ccc(-c3ccc([N+](=O)[O-])cc3)o2)cc1. The average Bonchev–Trinajstić information content (AvgIpc) is 3.26. The smallest absolute Gasteiger partial charge is 0.277 e. The Morgan fingerprint density at radius 2 is 1.87 bits per heavy atom. The number of ether oxygens (including phenoxy) is 1. The molecule has 0 unspecified atom stereocenters. The summed E-state index contributed by atoms with van der Waals surface area (Å²) in [7, 11) is 0. The molecule has 0 aliphatic heterocycles. The molecule has 1 amide bonds. The van der Waals surface area contributed by atoms with Gasteiger partial charge < -0.3 is 9.15 Å². The van der Waals surface area contributed by atoms with Crippen molar-refractivity contribution >= 4 is 17.8 Å². The molecular formula is C23H23N3O5. The molecule has 0 saturated carbocycles. The van der Waals surface area contributed by atoms with Crippen molar-refractivity contribution in [3.05, 3.63) is 82.1 Å². The van der Waals surface area contributed by atoms with Crippen molar-refractivity contribution in [3.63, 3.8) is 0 Å². The first-order chi connectivity index (χ1) is 15.0. The highest BCUT2D eigenvalue weighted by atomic mass is 16.6. The number of nitrogens with zero attached hydrogens (tertiary/aromatic N) is 2. The molecule has 0 bridgehead atoms. The minimum absolute atomic E-state index is 0.00786. The van der Waals surface area contributed by atoms with Crippen LogP contribution in [0.5, 0.6) is 5.75 Å². The lowest BCUT2D eigenvalue weighted by molar-refractivity contribution is -0.384. The Hall–Kier alpha value is -3.94. The number of furan rings is 1. The van der Waals surface area contributed by atoms with Crippen LogP contribution in [0.4, 0.5) is 5.69 Å². The van der Waals surface area contributed by atoms with Gasteiger partial charge >= 0.3 is 0 Å². The number of carbonyl (C=O) groups is 1. The van der Waals surface area contributed by atoms with Crippen molar-refractivity contribution in [2.24, 2.45) is 5.10 Å². The van der Waals surface area contributed by atoms with Crippen LogP contribution < -0.4 is 10.2 Å². The fourth-order valence-electron chi connectivity index (χ4n) is 2.80. The van der Waals surface area contributed by atoms with Crippen LogP contribution in [0.1, 0.15) is 37.5 Å². The molecule has 0 saturated heterocycles. The van der Waals surface area contributed by atoms with E-state index in [-0.39, 0.29) is 12.3 Å². The van der Waals surface area contributed by atoms with Gasteiger partial charge in [0.2, 0.25) is 0 Å². The highest BCUT2D eigenvalue weighted by Gasteiger charge is 2.08. The Morgan fingerprint density at radius 3 is 2.52 bits per heavy atom. The molecule has 1 aromatic heterocycles. The Kier molecular flexibility index (Phi) is 7.16. The van der Waals surface area contributed by atoms with Crippen molar-refractivity contribution in [1.29, 1.82) is 0 Å². The molecular weight excluding hydrogens is 398 g/mol. The first-order valence-corrected chi connectivity index (χ1v) is 9.85. The molecule has 0 aliphatic carbocycles. The topological polar surface area (TPSA) is 107 Å². The van der Waals surface area contributed by atoms with E-state index in [0.717, 1.165) is 6.42 Å². The van der Waals surface area contributed by atoms with E-state index in [1.807, 2.05) is 24.3 Å². The normalized spacial score (nSPS) is 11.9. The average molecular weight is 421 g/mol. The summed E-state index contributed by atoms with van der Waals surface area (Å²) in [5.74, 6) is 1.66. The van der Waals surface area contributed by atoms with E-state index in [9.17, 15) is 14.9 Å². The lowest BCUT2D eigenvalue weighted by Crippen LogP contribution is -2.24. The maximum absolute atomic E-state index is 11.9. The van der Waals surface area contributed by atoms with Gasteiger partial charge in [-0.2, -0.15) is 5.10 Å². The van der Waals surface area contributed by atoms with Gasteiger partial charge in [-0.3, -0.25) is 14.9 Å². The number of nitrogens with one attached hydrogen (secondary N) is 1. The first-order valence-electron chi connectivity index (χ1n) is 9.85. The summed E-state index contributed by atoms with van der Waals surface area (Å²) in [6.45, 7) is 4.14. The molecule has 1 N–H and O–H groups in total. The van der Waals surface area contributed by atoms with Crippen molar-refractivity contribution in [2.45, 2.75) is 26.2 Å². The monoisotopic (exact) mass is 421 g/mol. The lowest BCUT2D eigenvalue weighted by Gasteiger charge is -2.10. The number of hydrazone groups is 1. The number of hydrogen-bond acceptors (Lipinski definition) is 6. The molecule has 31 heavy (non-hydrogen) atoms. The number of rotatable bonds is 9. The predicted molar refractivity (Wildman–Crippen MR) is 117 cm³/mol. The summed E-state index contributed by atoms with van der Waals surface area (Å²) in [6.07, 6.45) is 2.43. The minimum atomic E-state index is -0.460. The Labute approximate surface area is 179 Å². The fraction of sp³-hybridized carbons (Fsp3) is 0.217. The summed E-state index contributed by atoms with van der Waals surface area (Å²) >= 11 is 0. The first kappa shape index (κ1) is 21.8. The summed E-state index contributed by atoms with van der Waals surface area (Å²) in [6, 6.07) is 17.1. The van der Waals surface area contributed by atoms with E-state index in [4.69, 9.17) is 9.15 Å². The van der Waals surface area contributed by atoms with E-state index in [1.54, 1.807) is 24.3 Å². The zero-order valence-electron chi connectivity index (χ0n) is 17.3. The third-order valence-electron chi connectivity index (χ3n) is 4.80. The molecule has 160 valence electrons. The number of amides is 1. The molecule has 3 aromatic rings. The summed E-state index contributed by atoms with van der Waals surface area (Å²) < 4.78 is 11.1. The molecule has 3 rings (SSSR count). The summed E-state index contributed by atoms with van der Waals surface area (Å²) in [5.41, 5.74) is 4.32. The highest BCUT2D eigenvalue weighted by molar-refractivity contribution is 5.81. The van der Waals surface area contributed by atoms with Gasteiger partial charge in [-0.15, -0.1) is 0 Å². The van der Waals surface area contributed by atoms with Gasteiger partial charge in [0.15, 0.2) is 6.61 Å². The standard InChI is InChI=1S/C23H23N3O5/c1-3-16(2)17-6-10-20(11-7-17)30-15-23(27)25-24-14-21-12-13-22(31-21)18-4-8-19(9-5-18)26(28)29/h4-14,16H,3,15H2,1-2H3,(H,25,27)/b24-14-/t16-/m1/s1. The van der Waals surface area contributed by atoms with Crippen LogP contribution in [-0.4, -0.2) is 23.7 Å². The quantitative estimate of drug-likeness (QED) is 0.300. The molecule has 8 heteroatoms. The van der Waals surface area contributed by atoms with Crippen LogP contribution in [0.25, 0.3) is 11.3 Å². The van der Waals surface area contributed by atoms with E-state index >= 15 is 0 Å². The number of non-ortho nitro benzene ring substituents is 1. The van der Waals surface area contributed by atoms with E-state index in [0.29, 0.717) is 28.8 Å². The number of hydrogen-bond donors (Lipinski definition) is 1.